The summed E-state index contributed by atoms with van der Waals surface area (Å²) < 4.78 is 44.9. The van der Waals surface area contributed by atoms with Crippen LogP contribution in [0.2, 0.25) is 5.02 Å². The first-order chi connectivity index (χ1) is 16.8. The van der Waals surface area contributed by atoms with Crippen LogP contribution in [0.4, 0.5) is 24.8 Å². The third-order valence-corrected chi connectivity index (χ3v) is 5.42. The van der Waals surface area contributed by atoms with Crippen LogP contribution in [0.5, 0.6) is 5.75 Å². The van der Waals surface area contributed by atoms with Gasteiger partial charge in [0.2, 0.25) is 5.95 Å². The molecule has 0 spiro atoms. The van der Waals surface area contributed by atoms with Crippen molar-refractivity contribution in [2.75, 3.05) is 5.32 Å². The summed E-state index contributed by atoms with van der Waals surface area (Å²) in [5.74, 6) is -2.38. The van der Waals surface area contributed by atoms with Gasteiger partial charge in [-0.05, 0) is 48.9 Å². The Morgan fingerprint density at radius 1 is 1.08 bits per heavy atom. The highest BCUT2D eigenvalue weighted by Gasteiger charge is 2.38. The van der Waals surface area contributed by atoms with Gasteiger partial charge < -0.3 is 15.2 Å². The monoisotopic (exact) mass is 526 g/mol. The molecule has 2 N–H and O–H groups in total. The van der Waals surface area contributed by atoms with Crippen molar-refractivity contribution in [2.24, 2.45) is 5.92 Å². The number of benzene rings is 2. The Balaban J connectivity index is 1.96. The molecular formula is C23H22ClF3N4O5. The second kappa shape index (κ2) is 10.9. The van der Waals surface area contributed by atoms with E-state index in [0.29, 0.717) is 16.3 Å². The Labute approximate surface area is 207 Å². The van der Waals surface area contributed by atoms with Gasteiger partial charge in [-0.25, -0.2) is 14.2 Å². The van der Waals surface area contributed by atoms with Crippen molar-refractivity contribution in [3.8, 4) is 5.75 Å². The molecule has 13 heteroatoms. The van der Waals surface area contributed by atoms with E-state index in [2.05, 4.69) is 10.3 Å². The molecule has 0 aliphatic heterocycles. The fourth-order valence-electron chi connectivity index (χ4n) is 3.06. The van der Waals surface area contributed by atoms with Crippen molar-refractivity contribution in [3.05, 3.63) is 80.1 Å². The first-order valence-electron chi connectivity index (χ1n) is 10.6. The van der Waals surface area contributed by atoms with Crippen molar-refractivity contribution in [1.29, 1.82) is 0 Å². The summed E-state index contributed by atoms with van der Waals surface area (Å²) in [4.78, 5) is 41.0. The quantitative estimate of drug-likeness (QED) is 0.434. The molecule has 3 rings (SSSR count). The van der Waals surface area contributed by atoms with Gasteiger partial charge in [-0.15, -0.1) is 0 Å². The van der Waals surface area contributed by atoms with Crippen LogP contribution in [0.25, 0.3) is 0 Å². The smallest absolute Gasteiger partial charge is 0.425 e. The standard InChI is InChI=1S/C23H22ClF3N4O5/c1-13(19(32)33)11-31-21(34)29-20(30(22(31)35)12-15-3-5-16(24)6-4-15)28-17-7-9-18(10-8-17)36-14(2)23(25,26)27/h3-10,13-14H,11-12H2,1-2H3,(H,32,33)(H,28,29,34)/t13-,14-/m0/s1. The van der Waals surface area contributed by atoms with E-state index >= 15 is 0 Å². The minimum absolute atomic E-state index is 0.0304. The first kappa shape index (κ1) is 26.8. The van der Waals surface area contributed by atoms with Gasteiger partial charge in [0.15, 0.2) is 6.10 Å². The zero-order valence-electron chi connectivity index (χ0n) is 19.1. The lowest BCUT2D eigenvalue weighted by atomic mass is 10.2. The Morgan fingerprint density at radius 3 is 2.25 bits per heavy atom. The van der Waals surface area contributed by atoms with E-state index in [1.165, 1.54) is 31.2 Å². The van der Waals surface area contributed by atoms with Gasteiger partial charge in [0.05, 0.1) is 12.5 Å². The number of carboxylic acid groups (broad SMARTS) is 1. The Hall–Kier alpha value is -3.80. The molecule has 0 radical (unpaired) electrons. The van der Waals surface area contributed by atoms with E-state index in [4.69, 9.17) is 16.3 Å². The molecule has 1 aromatic heterocycles. The van der Waals surface area contributed by atoms with E-state index < -0.39 is 35.5 Å². The Bertz CT molecular complexity index is 1340. The van der Waals surface area contributed by atoms with Crippen LogP contribution in [0, 0.1) is 5.92 Å². The van der Waals surface area contributed by atoms with Crippen LogP contribution in [0.15, 0.2) is 58.1 Å². The molecule has 0 saturated carbocycles. The topological polar surface area (TPSA) is 115 Å². The average Bonchev–Trinajstić information content (AvgIpc) is 2.80. The zero-order chi connectivity index (χ0) is 26.6. The lowest BCUT2D eigenvalue weighted by Gasteiger charge is -2.18. The summed E-state index contributed by atoms with van der Waals surface area (Å²) in [5, 5.41) is 12.5. The second-order valence-electron chi connectivity index (χ2n) is 8.01. The summed E-state index contributed by atoms with van der Waals surface area (Å²) in [6.45, 7) is 1.82. The lowest BCUT2D eigenvalue weighted by molar-refractivity contribution is -0.189. The predicted molar refractivity (Wildman–Crippen MR) is 126 cm³/mol. The maximum atomic E-state index is 13.2. The largest absolute Gasteiger partial charge is 0.481 e. The van der Waals surface area contributed by atoms with Gasteiger partial charge in [0.1, 0.15) is 5.75 Å². The number of rotatable bonds is 9. The number of hydrogen-bond donors (Lipinski definition) is 2. The fraction of sp³-hybridized carbons (Fsp3) is 0.304. The summed E-state index contributed by atoms with van der Waals surface area (Å²) in [6, 6.07) is 12.0. The third-order valence-electron chi connectivity index (χ3n) is 5.17. The third kappa shape index (κ3) is 6.66. The van der Waals surface area contributed by atoms with Crippen molar-refractivity contribution >= 4 is 29.2 Å². The fourth-order valence-corrected chi connectivity index (χ4v) is 3.19. The minimum atomic E-state index is -4.53. The van der Waals surface area contributed by atoms with Gasteiger partial charge in [-0.1, -0.05) is 30.7 Å². The first-order valence-corrected chi connectivity index (χ1v) is 11.0. The number of nitrogens with one attached hydrogen (secondary N) is 1. The number of hydrogen-bond acceptors (Lipinski definition) is 6. The molecular weight excluding hydrogens is 505 g/mol. The van der Waals surface area contributed by atoms with E-state index in [0.717, 1.165) is 16.1 Å². The predicted octanol–water partition coefficient (Wildman–Crippen LogP) is 3.90. The van der Waals surface area contributed by atoms with E-state index in [9.17, 15) is 32.7 Å². The van der Waals surface area contributed by atoms with Crippen LogP contribution < -0.4 is 21.4 Å². The van der Waals surface area contributed by atoms with Gasteiger partial charge in [-0.3, -0.25) is 9.36 Å². The van der Waals surface area contributed by atoms with Crippen LogP contribution in [0.3, 0.4) is 0 Å². The molecule has 0 aliphatic rings. The second-order valence-corrected chi connectivity index (χ2v) is 8.45. The Morgan fingerprint density at radius 2 is 1.69 bits per heavy atom. The highest BCUT2D eigenvalue weighted by Crippen LogP contribution is 2.26. The summed E-state index contributed by atoms with van der Waals surface area (Å²) in [5.41, 5.74) is -0.788. The number of nitrogens with zero attached hydrogens (tertiary/aromatic N) is 3. The van der Waals surface area contributed by atoms with Crippen molar-refractivity contribution in [1.82, 2.24) is 14.1 Å². The molecule has 36 heavy (non-hydrogen) atoms. The summed E-state index contributed by atoms with van der Waals surface area (Å²) >= 11 is 5.92. The molecule has 0 aliphatic carbocycles. The molecule has 0 fully saturated rings. The number of alkyl halides is 3. The van der Waals surface area contributed by atoms with Gasteiger partial charge in [-0.2, -0.15) is 18.2 Å². The van der Waals surface area contributed by atoms with Gasteiger partial charge >= 0.3 is 23.5 Å². The van der Waals surface area contributed by atoms with Crippen molar-refractivity contribution in [2.45, 2.75) is 39.2 Å². The molecule has 2 aromatic carbocycles. The van der Waals surface area contributed by atoms with Crippen molar-refractivity contribution < 1.29 is 27.8 Å². The SMILES string of the molecule is C[C@H](Oc1ccc(Nc2nc(=O)n(C[C@H](C)C(=O)O)c(=O)n2Cc2ccc(Cl)cc2)cc1)C(F)(F)F. The van der Waals surface area contributed by atoms with Gasteiger partial charge in [0, 0.05) is 17.3 Å². The highest BCUT2D eigenvalue weighted by molar-refractivity contribution is 6.30. The van der Waals surface area contributed by atoms with Gasteiger partial charge in [0.25, 0.3) is 0 Å². The molecule has 9 nitrogen and oxygen atoms in total. The average molecular weight is 527 g/mol. The van der Waals surface area contributed by atoms with E-state index in [1.807, 2.05) is 0 Å². The molecule has 0 amide bonds. The summed E-state index contributed by atoms with van der Waals surface area (Å²) in [7, 11) is 0. The Kier molecular flexibility index (Phi) is 8.08. The number of aliphatic carboxylic acids is 1. The maximum Gasteiger partial charge on any atom is 0.425 e. The lowest BCUT2D eigenvalue weighted by Crippen LogP contribution is -2.44. The number of anilines is 2. The number of carbonyl (C=O) groups is 1. The highest BCUT2D eigenvalue weighted by atomic mass is 35.5. The zero-order valence-corrected chi connectivity index (χ0v) is 19.9. The molecule has 0 saturated heterocycles. The number of halogens is 4. The molecule has 0 unspecified atom stereocenters. The van der Waals surface area contributed by atoms with E-state index in [1.54, 1.807) is 24.3 Å². The summed E-state index contributed by atoms with van der Waals surface area (Å²) in [6.07, 6.45) is -6.54. The van der Waals surface area contributed by atoms with Crippen LogP contribution >= 0.6 is 11.6 Å². The van der Waals surface area contributed by atoms with Crippen LogP contribution in [-0.2, 0) is 17.9 Å². The van der Waals surface area contributed by atoms with Crippen molar-refractivity contribution in [3.63, 3.8) is 0 Å². The number of carboxylic acids is 1. The van der Waals surface area contributed by atoms with E-state index in [-0.39, 0.29) is 24.8 Å². The normalized spacial score (nSPS) is 13.2. The molecule has 2 atom stereocenters. The number of aromatic nitrogens is 3. The molecule has 3 aromatic rings. The molecule has 192 valence electrons. The maximum absolute atomic E-state index is 13.2. The van der Waals surface area contributed by atoms with Crippen LogP contribution in [-0.4, -0.2) is 37.5 Å². The molecule has 1 heterocycles. The van der Waals surface area contributed by atoms with Crippen LogP contribution in [0.1, 0.15) is 19.4 Å². The number of ether oxygens (including phenoxy) is 1. The molecule has 0 bridgehead atoms. The minimum Gasteiger partial charge on any atom is -0.481 e.